The average molecular weight is 113 g/mol. The Morgan fingerprint density at radius 1 is 1.38 bits per heavy atom. The zero-order valence-electron chi connectivity index (χ0n) is 4.67. The maximum atomic E-state index is 8.24. The number of rotatable bonds is 0. The second-order valence-corrected chi connectivity index (χ2v) is 1.84. The van der Waals surface area contributed by atoms with Gasteiger partial charge in [0.05, 0.1) is 5.71 Å². The van der Waals surface area contributed by atoms with Crippen molar-refractivity contribution in [1.82, 2.24) is 5.32 Å². The molecule has 8 heavy (non-hydrogen) atoms. The molecule has 0 atom stereocenters. The molecule has 0 amide bonds. The van der Waals surface area contributed by atoms with E-state index in [-0.39, 0.29) is 0 Å². The van der Waals surface area contributed by atoms with Crippen LogP contribution in [0.1, 0.15) is 12.8 Å². The molecule has 3 nitrogen and oxygen atoms in total. The molecule has 0 bridgehead atoms. The smallest absolute Gasteiger partial charge is 0.0597 e. The van der Waals surface area contributed by atoms with Crippen LogP contribution in [-0.2, 0) is 0 Å². The average Bonchev–Trinajstić information content (AvgIpc) is 1.90. The molecule has 1 saturated heterocycles. The Morgan fingerprint density at radius 2 is 2.00 bits per heavy atom. The van der Waals surface area contributed by atoms with Crippen molar-refractivity contribution in [3.8, 4) is 0 Å². The van der Waals surface area contributed by atoms with Crippen molar-refractivity contribution in [3.63, 3.8) is 0 Å². The maximum absolute atomic E-state index is 8.24. The Balaban J connectivity index is 2.33. The first-order chi connectivity index (χ1) is 3.93. The van der Waals surface area contributed by atoms with Gasteiger partial charge in [-0.1, -0.05) is 5.16 Å². The lowest BCUT2D eigenvalue weighted by Gasteiger charge is -2.09. The quantitative estimate of drug-likeness (QED) is 0.354. The highest BCUT2D eigenvalue weighted by Gasteiger charge is 2.05. The summed E-state index contributed by atoms with van der Waals surface area (Å²) in [7, 11) is 0. The van der Waals surface area contributed by atoms with Gasteiger partial charge in [0, 0.05) is 25.9 Å². The molecule has 0 aromatic heterocycles. The second kappa shape index (κ2) is 2.67. The monoisotopic (exact) mass is 113 g/mol. The normalized spacial score (nSPS) is 20.8. The van der Waals surface area contributed by atoms with Gasteiger partial charge in [-0.3, -0.25) is 0 Å². The fourth-order valence-electron chi connectivity index (χ4n) is 0.753. The fourth-order valence-corrected chi connectivity index (χ4v) is 0.753. The second-order valence-electron chi connectivity index (χ2n) is 1.84. The molecule has 0 aliphatic carbocycles. The number of hydrogen-bond acceptors (Lipinski definition) is 2. The zero-order valence-corrected chi connectivity index (χ0v) is 4.67. The summed E-state index contributed by atoms with van der Waals surface area (Å²) >= 11 is 0. The van der Waals surface area contributed by atoms with Crippen molar-refractivity contribution in [2.75, 3.05) is 13.1 Å². The highest BCUT2D eigenvalue weighted by atomic mass is 16.4. The van der Waals surface area contributed by atoms with Crippen LogP contribution < -0.4 is 5.32 Å². The molecule has 45 valence electrons. The van der Waals surface area contributed by atoms with Gasteiger partial charge in [0.25, 0.3) is 0 Å². The molecule has 1 fully saturated rings. The van der Waals surface area contributed by atoms with Crippen LogP contribution >= 0.6 is 0 Å². The van der Waals surface area contributed by atoms with Crippen LogP contribution in [0.2, 0.25) is 0 Å². The van der Waals surface area contributed by atoms with E-state index in [2.05, 4.69) is 10.5 Å². The predicted molar refractivity (Wildman–Crippen MR) is 30.3 cm³/mol. The largest absolute Gasteiger partial charge is 0.411 e. The minimum Gasteiger partial charge on any atom is -0.411 e. The van der Waals surface area contributed by atoms with Crippen molar-refractivity contribution in [3.05, 3.63) is 0 Å². The third kappa shape index (κ3) is 1.20. The van der Waals surface area contributed by atoms with Crippen LogP contribution in [0.15, 0.2) is 5.16 Å². The minimum atomic E-state index is 0.833. The van der Waals surface area contributed by atoms with Gasteiger partial charge < -0.3 is 5.21 Å². The van der Waals surface area contributed by atoms with E-state index < -0.39 is 0 Å². The van der Waals surface area contributed by atoms with Crippen LogP contribution in [0.5, 0.6) is 0 Å². The molecule has 1 aliphatic rings. The van der Waals surface area contributed by atoms with Gasteiger partial charge in [-0.05, 0) is 0 Å². The lowest BCUT2D eigenvalue weighted by atomic mass is 10.1. The summed E-state index contributed by atoms with van der Waals surface area (Å²) in [5, 5.41) is 15.4. The minimum absolute atomic E-state index is 0.833. The van der Waals surface area contributed by atoms with E-state index in [1.165, 1.54) is 0 Å². The summed E-state index contributed by atoms with van der Waals surface area (Å²) < 4.78 is 0. The molecule has 3 heteroatoms. The van der Waals surface area contributed by atoms with Gasteiger partial charge in [-0.25, -0.2) is 5.32 Å². The number of nitrogens with zero attached hydrogens (tertiary/aromatic N) is 2. The molecule has 0 aromatic rings. The van der Waals surface area contributed by atoms with Crippen molar-refractivity contribution in [1.29, 1.82) is 0 Å². The molecule has 0 spiro atoms. The third-order valence-corrected chi connectivity index (χ3v) is 1.26. The molecule has 1 heterocycles. The number of hydrogen-bond donors (Lipinski definition) is 1. The first-order valence-corrected chi connectivity index (χ1v) is 2.76. The molecule has 1 radical (unpaired) electrons. The summed E-state index contributed by atoms with van der Waals surface area (Å²) in [6.07, 6.45) is 1.69. The van der Waals surface area contributed by atoms with E-state index in [0.29, 0.717) is 0 Å². The first-order valence-electron chi connectivity index (χ1n) is 2.76. The highest BCUT2D eigenvalue weighted by molar-refractivity contribution is 5.84. The lowest BCUT2D eigenvalue weighted by molar-refractivity contribution is 0.314. The van der Waals surface area contributed by atoms with Crippen LogP contribution in [0.4, 0.5) is 0 Å². The Kier molecular flexibility index (Phi) is 1.86. The molecule has 1 rings (SSSR count). The van der Waals surface area contributed by atoms with Gasteiger partial charge >= 0.3 is 0 Å². The molecular weight excluding hydrogens is 104 g/mol. The summed E-state index contributed by atoms with van der Waals surface area (Å²) in [4.78, 5) is 0. The van der Waals surface area contributed by atoms with Crippen molar-refractivity contribution in [2.24, 2.45) is 5.16 Å². The topological polar surface area (TPSA) is 46.7 Å². The van der Waals surface area contributed by atoms with Crippen LogP contribution in [0.25, 0.3) is 0 Å². The number of piperidine rings is 1. The SMILES string of the molecule is ON=C1CC[N]CC1. The predicted octanol–water partition coefficient (Wildman–Crippen LogP) is 0.215. The Morgan fingerprint density at radius 3 is 2.38 bits per heavy atom. The van der Waals surface area contributed by atoms with E-state index >= 15 is 0 Å². The molecule has 1 N–H and O–H groups in total. The molecule has 0 unspecified atom stereocenters. The Bertz CT molecular complexity index is 92.6. The third-order valence-electron chi connectivity index (χ3n) is 1.26. The number of oxime groups is 1. The molecular formula is C5H9N2O. The Hall–Kier alpha value is -0.570. The Labute approximate surface area is 48.4 Å². The summed E-state index contributed by atoms with van der Waals surface area (Å²) in [6.45, 7) is 1.67. The zero-order chi connectivity index (χ0) is 5.82. The van der Waals surface area contributed by atoms with Crippen molar-refractivity contribution >= 4 is 5.71 Å². The van der Waals surface area contributed by atoms with Gasteiger partial charge in [-0.15, -0.1) is 0 Å². The van der Waals surface area contributed by atoms with E-state index in [0.717, 1.165) is 31.6 Å². The van der Waals surface area contributed by atoms with Crippen LogP contribution in [-0.4, -0.2) is 24.0 Å². The van der Waals surface area contributed by atoms with E-state index in [9.17, 15) is 0 Å². The van der Waals surface area contributed by atoms with Crippen molar-refractivity contribution in [2.45, 2.75) is 12.8 Å². The lowest BCUT2D eigenvalue weighted by Crippen LogP contribution is -2.21. The van der Waals surface area contributed by atoms with E-state index in [4.69, 9.17) is 5.21 Å². The maximum Gasteiger partial charge on any atom is 0.0597 e. The van der Waals surface area contributed by atoms with Gasteiger partial charge in [-0.2, -0.15) is 0 Å². The molecule has 1 aliphatic heterocycles. The summed E-state index contributed by atoms with van der Waals surface area (Å²) in [5.74, 6) is 0. The molecule has 0 saturated carbocycles. The fraction of sp³-hybridized carbons (Fsp3) is 0.800. The standard InChI is InChI=1S/C5H9N2O/c8-7-5-1-3-6-4-2-5/h8H,1-4H2. The highest BCUT2D eigenvalue weighted by Crippen LogP contribution is 1.96. The summed E-state index contributed by atoms with van der Waals surface area (Å²) in [6, 6.07) is 0. The van der Waals surface area contributed by atoms with Crippen LogP contribution in [0, 0.1) is 0 Å². The summed E-state index contributed by atoms with van der Waals surface area (Å²) in [5.41, 5.74) is 0.889. The molecule has 0 aromatic carbocycles. The van der Waals surface area contributed by atoms with E-state index in [1.807, 2.05) is 0 Å². The van der Waals surface area contributed by atoms with Crippen molar-refractivity contribution < 1.29 is 5.21 Å². The first kappa shape index (κ1) is 5.56. The van der Waals surface area contributed by atoms with Gasteiger partial charge in [0.15, 0.2) is 0 Å². The van der Waals surface area contributed by atoms with Crippen LogP contribution in [0.3, 0.4) is 0 Å². The van der Waals surface area contributed by atoms with Gasteiger partial charge in [0.2, 0.25) is 0 Å². The van der Waals surface area contributed by atoms with E-state index in [1.54, 1.807) is 0 Å². The van der Waals surface area contributed by atoms with Gasteiger partial charge in [0.1, 0.15) is 0 Å².